The fraction of sp³-hybridized carbons (Fsp3) is 0.526. The van der Waals surface area contributed by atoms with Crippen LogP contribution in [0.1, 0.15) is 36.9 Å². The van der Waals surface area contributed by atoms with Crippen LogP contribution < -0.4 is 5.69 Å². The van der Waals surface area contributed by atoms with Crippen molar-refractivity contribution in [1.82, 2.24) is 29.0 Å². The zero-order valence-electron chi connectivity index (χ0n) is 15.7. The number of likely N-dealkylation sites (tertiary alicyclic amines) is 1. The smallest absolute Gasteiger partial charge is 0.303 e. The van der Waals surface area contributed by atoms with Crippen molar-refractivity contribution < 1.29 is 0 Å². The molecule has 7 heteroatoms. The lowest BCUT2D eigenvalue weighted by molar-refractivity contribution is 0.216. The Morgan fingerprint density at radius 3 is 2.81 bits per heavy atom. The number of nitrogens with zero attached hydrogens (tertiary/aromatic N) is 6. The summed E-state index contributed by atoms with van der Waals surface area (Å²) in [5.41, 5.74) is 4.10. The van der Waals surface area contributed by atoms with E-state index in [2.05, 4.69) is 40.5 Å². The van der Waals surface area contributed by atoms with Gasteiger partial charge in [0, 0.05) is 32.8 Å². The first-order valence-corrected chi connectivity index (χ1v) is 9.33. The lowest BCUT2D eigenvalue weighted by Crippen LogP contribution is -2.34. The van der Waals surface area contributed by atoms with Gasteiger partial charge in [-0.15, -0.1) is 5.10 Å². The lowest BCUT2D eigenvalue weighted by Gasteiger charge is -2.30. The maximum atomic E-state index is 12.1. The third kappa shape index (κ3) is 2.96. The molecule has 2 aromatic heterocycles. The molecule has 4 rings (SSSR count). The molecule has 0 aliphatic carbocycles. The van der Waals surface area contributed by atoms with Crippen LogP contribution in [0.4, 0.5) is 0 Å². The molecule has 0 bridgehead atoms. The number of aryl methyl sites for hydroxylation is 2. The lowest BCUT2D eigenvalue weighted by atomic mass is 9.95. The van der Waals surface area contributed by atoms with Crippen molar-refractivity contribution in [3.8, 4) is 0 Å². The van der Waals surface area contributed by atoms with Crippen LogP contribution in [0.5, 0.6) is 0 Å². The molecule has 26 heavy (non-hydrogen) atoms. The molecule has 1 aliphatic rings. The highest BCUT2D eigenvalue weighted by molar-refractivity contribution is 5.76. The number of aromatic nitrogens is 5. The molecule has 3 heterocycles. The van der Waals surface area contributed by atoms with Crippen molar-refractivity contribution in [2.75, 3.05) is 19.6 Å². The van der Waals surface area contributed by atoms with Crippen LogP contribution in [0.3, 0.4) is 0 Å². The van der Waals surface area contributed by atoms with Crippen LogP contribution in [-0.4, -0.2) is 48.7 Å². The predicted octanol–water partition coefficient (Wildman–Crippen LogP) is 1.72. The minimum Gasteiger partial charge on any atom is -0.303 e. The van der Waals surface area contributed by atoms with E-state index in [1.807, 2.05) is 17.8 Å². The van der Waals surface area contributed by atoms with Crippen LogP contribution in [0.15, 0.2) is 29.2 Å². The molecule has 0 spiro atoms. The summed E-state index contributed by atoms with van der Waals surface area (Å²) < 4.78 is 5.27. The number of imidazole rings is 1. The van der Waals surface area contributed by atoms with Crippen molar-refractivity contribution in [2.24, 2.45) is 14.1 Å². The highest BCUT2D eigenvalue weighted by Crippen LogP contribution is 2.25. The minimum absolute atomic E-state index is 0.00188. The zero-order chi connectivity index (χ0) is 18.3. The molecule has 3 aromatic rings. The summed E-state index contributed by atoms with van der Waals surface area (Å²) in [4.78, 5) is 14.6. The van der Waals surface area contributed by atoms with Crippen molar-refractivity contribution in [1.29, 1.82) is 0 Å². The second-order valence-electron chi connectivity index (χ2n) is 7.30. The van der Waals surface area contributed by atoms with Crippen LogP contribution in [-0.2, 0) is 20.6 Å². The van der Waals surface area contributed by atoms with Gasteiger partial charge in [0.1, 0.15) is 0 Å². The molecular weight excluding hydrogens is 328 g/mol. The van der Waals surface area contributed by atoms with E-state index < -0.39 is 0 Å². The molecule has 0 radical (unpaired) electrons. The van der Waals surface area contributed by atoms with Gasteiger partial charge < -0.3 is 4.90 Å². The number of rotatable bonds is 4. The van der Waals surface area contributed by atoms with Gasteiger partial charge in [-0.3, -0.25) is 9.13 Å². The number of benzene rings is 1. The Labute approximate surface area is 152 Å². The molecular formula is C19H26N6O. The summed E-state index contributed by atoms with van der Waals surface area (Å²) in [6, 6.07) is 6.13. The molecule has 0 amide bonds. The summed E-state index contributed by atoms with van der Waals surface area (Å²) in [6.45, 7) is 6.24. The first-order valence-electron chi connectivity index (χ1n) is 9.33. The summed E-state index contributed by atoms with van der Waals surface area (Å²) >= 11 is 0. The standard InChI is InChI=1S/C19H26N6O/c1-4-24-9-5-6-15(12-24)16-13-25(21-20-16)11-14-7-8-17-18(10-14)23(3)19(26)22(17)2/h7-8,10,13,15H,4-6,9,11-12H2,1-3H3/t15-/m1/s1. The molecule has 1 aromatic carbocycles. The largest absolute Gasteiger partial charge is 0.328 e. The van der Waals surface area contributed by atoms with E-state index in [9.17, 15) is 4.79 Å². The average molecular weight is 354 g/mol. The predicted molar refractivity (Wildman–Crippen MR) is 101 cm³/mol. The van der Waals surface area contributed by atoms with Crippen molar-refractivity contribution in [2.45, 2.75) is 32.2 Å². The van der Waals surface area contributed by atoms with E-state index >= 15 is 0 Å². The first-order chi connectivity index (χ1) is 12.6. The fourth-order valence-corrected chi connectivity index (χ4v) is 4.00. The number of likely N-dealkylation sites (N-methyl/N-ethyl adjacent to an activating group) is 1. The highest BCUT2D eigenvalue weighted by atomic mass is 16.1. The second kappa shape index (κ2) is 6.72. The summed E-state index contributed by atoms with van der Waals surface area (Å²) in [6.07, 6.45) is 4.50. The minimum atomic E-state index is -0.00188. The van der Waals surface area contributed by atoms with Crippen LogP contribution in [0, 0.1) is 0 Å². The van der Waals surface area contributed by atoms with Crippen molar-refractivity contribution in [3.63, 3.8) is 0 Å². The molecule has 0 unspecified atom stereocenters. The first kappa shape index (κ1) is 17.0. The average Bonchev–Trinajstić information content (AvgIpc) is 3.22. The molecule has 1 saturated heterocycles. The highest BCUT2D eigenvalue weighted by Gasteiger charge is 2.22. The third-order valence-corrected chi connectivity index (χ3v) is 5.61. The van der Waals surface area contributed by atoms with Gasteiger partial charge in [0.05, 0.1) is 23.3 Å². The fourth-order valence-electron chi connectivity index (χ4n) is 4.00. The molecule has 1 atom stereocenters. The van der Waals surface area contributed by atoms with Crippen LogP contribution in [0.25, 0.3) is 11.0 Å². The monoisotopic (exact) mass is 354 g/mol. The number of fused-ring (bicyclic) bond motifs is 1. The quantitative estimate of drug-likeness (QED) is 0.716. The molecule has 7 nitrogen and oxygen atoms in total. The van der Waals surface area contributed by atoms with E-state index in [1.165, 1.54) is 19.4 Å². The summed E-state index contributed by atoms with van der Waals surface area (Å²) in [7, 11) is 3.61. The van der Waals surface area contributed by atoms with E-state index in [1.54, 1.807) is 16.2 Å². The Kier molecular flexibility index (Phi) is 4.40. The third-order valence-electron chi connectivity index (χ3n) is 5.61. The van der Waals surface area contributed by atoms with E-state index in [4.69, 9.17) is 0 Å². The maximum absolute atomic E-state index is 12.1. The Hall–Kier alpha value is -2.41. The maximum Gasteiger partial charge on any atom is 0.328 e. The topological polar surface area (TPSA) is 60.9 Å². The van der Waals surface area contributed by atoms with Crippen molar-refractivity contribution in [3.05, 3.63) is 46.1 Å². The second-order valence-corrected chi connectivity index (χ2v) is 7.30. The Bertz CT molecular complexity index is 982. The van der Waals surface area contributed by atoms with Crippen LogP contribution >= 0.6 is 0 Å². The van der Waals surface area contributed by atoms with Gasteiger partial charge in [-0.25, -0.2) is 9.48 Å². The SMILES string of the molecule is CCN1CCC[C@@H](c2cn(Cc3ccc4c(c3)n(C)c(=O)n4C)nn2)C1. The van der Waals surface area contributed by atoms with E-state index in [-0.39, 0.29) is 5.69 Å². The summed E-state index contributed by atoms with van der Waals surface area (Å²) in [5.74, 6) is 0.481. The molecule has 138 valence electrons. The van der Waals surface area contributed by atoms with Crippen LogP contribution in [0.2, 0.25) is 0 Å². The van der Waals surface area contributed by atoms with Crippen molar-refractivity contribution >= 4 is 11.0 Å². The van der Waals surface area contributed by atoms with Gasteiger partial charge in [-0.1, -0.05) is 18.2 Å². The number of hydrogen-bond acceptors (Lipinski definition) is 4. The Morgan fingerprint density at radius 1 is 1.19 bits per heavy atom. The molecule has 0 N–H and O–H groups in total. The van der Waals surface area contributed by atoms with Gasteiger partial charge in [0.15, 0.2) is 0 Å². The van der Waals surface area contributed by atoms with Gasteiger partial charge >= 0.3 is 5.69 Å². The number of piperidine rings is 1. The van der Waals surface area contributed by atoms with Gasteiger partial charge in [-0.05, 0) is 43.6 Å². The van der Waals surface area contributed by atoms with E-state index in [0.29, 0.717) is 12.5 Å². The molecule has 1 aliphatic heterocycles. The van der Waals surface area contributed by atoms with Gasteiger partial charge in [-0.2, -0.15) is 0 Å². The summed E-state index contributed by atoms with van der Waals surface area (Å²) in [5, 5.41) is 8.77. The molecule has 1 fully saturated rings. The Balaban J connectivity index is 1.55. The zero-order valence-corrected chi connectivity index (χ0v) is 15.7. The normalized spacial score (nSPS) is 18.7. The van der Waals surface area contributed by atoms with Gasteiger partial charge in [0.2, 0.25) is 0 Å². The number of hydrogen-bond donors (Lipinski definition) is 0. The molecule has 0 saturated carbocycles. The van der Waals surface area contributed by atoms with E-state index in [0.717, 1.165) is 35.4 Å². The Morgan fingerprint density at radius 2 is 2.00 bits per heavy atom. The van der Waals surface area contributed by atoms with Gasteiger partial charge in [0.25, 0.3) is 0 Å².